The molecule has 0 bridgehead atoms. The Labute approximate surface area is 175 Å². The molecule has 1 N–H and O–H groups in total. The SMILES string of the molecule is CCn1nc(NC(=O)c2cc(-c3ccc(C)cc3)nc3c2c(C)nn3CC)cc1C. The zero-order valence-corrected chi connectivity index (χ0v) is 18.0. The monoisotopic (exact) mass is 402 g/mol. The Kier molecular flexibility index (Phi) is 5.11. The number of aromatic nitrogens is 5. The summed E-state index contributed by atoms with van der Waals surface area (Å²) in [7, 11) is 0. The highest BCUT2D eigenvalue weighted by Crippen LogP contribution is 2.28. The first-order valence-corrected chi connectivity index (χ1v) is 10.2. The summed E-state index contributed by atoms with van der Waals surface area (Å²) >= 11 is 0. The average Bonchev–Trinajstić information content (AvgIpc) is 3.26. The molecule has 0 aliphatic rings. The summed E-state index contributed by atoms with van der Waals surface area (Å²) in [5.74, 6) is 0.331. The molecule has 0 unspecified atom stereocenters. The lowest BCUT2D eigenvalue weighted by molar-refractivity contribution is 0.102. The van der Waals surface area contributed by atoms with Gasteiger partial charge in [0.15, 0.2) is 11.5 Å². The number of rotatable bonds is 5. The molecule has 0 fully saturated rings. The van der Waals surface area contributed by atoms with Gasteiger partial charge < -0.3 is 5.32 Å². The fourth-order valence-electron chi connectivity index (χ4n) is 3.70. The Bertz CT molecular complexity index is 1230. The second kappa shape index (κ2) is 7.74. The predicted octanol–water partition coefficient (Wildman–Crippen LogP) is 4.51. The standard InChI is InChI=1S/C23H26N6O/c1-6-28-15(4)12-20(27-28)25-23(30)18-13-19(17-10-8-14(3)9-11-17)24-22-21(18)16(5)26-29(22)7-2/h8-13H,6-7H2,1-5H3,(H,25,27,30). The molecule has 7 nitrogen and oxygen atoms in total. The van der Waals surface area contributed by atoms with Crippen LogP contribution >= 0.6 is 0 Å². The van der Waals surface area contributed by atoms with E-state index < -0.39 is 0 Å². The molecule has 0 aliphatic carbocycles. The third-order valence-electron chi connectivity index (χ3n) is 5.29. The van der Waals surface area contributed by atoms with E-state index in [2.05, 4.69) is 15.5 Å². The first-order valence-electron chi connectivity index (χ1n) is 10.2. The van der Waals surface area contributed by atoms with Gasteiger partial charge >= 0.3 is 0 Å². The Morgan fingerprint density at radius 2 is 1.67 bits per heavy atom. The number of amides is 1. The highest BCUT2D eigenvalue weighted by atomic mass is 16.1. The van der Waals surface area contributed by atoms with Crippen molar-refractivity contribution in [1.29, 1.82) is 0 Å². The van der Waals surface area contributed by atoms with Gasteiger partial charge in [-0.05, 0) is 40.7 Å². The van der Waals surface area contributed by atoms with Crippen molar-refractivity contribution in [2.75, 3.05) is 5.32 Å². The van der Waals surface area contributed by atoms with E-state index in [1.165, 1.54) is 5.56 Å². The van der Waals surface area contributed by atoms with E-state index in [-0.39, 0.29) is 5.91 Å². The summed E-state index contributed by atoms with van der Waals surface area (Å²) < 4.78 is 3.70. The molecule has 1 amide bonds. The normalized spacial score (nSPS) is 11.2. The van der Waals surface area contributed by atoms with Crippen LogP contribution in [0.1, 0.15) is 41.2 Å². The second-order valence-corrected chi connectivity index (χ2v) is 7.46. The fraction of sp³-hybridized carbons (Fsp3) is 0.304. The van der Waals surface area contributed by atoms with Crippen LogP contribution in [0.15, 0.2) is 36.4 Å². The van der Waals surface area contributed by atoms with Gasteiger partial charge in [0, 0.05) is 30.4 Å². The van der Waals surface area contributed by atoms with Crippen LogP contribution in [0.4, 0.5) is 5.82 Å². The minimum absolute atomic E-state index is 0.213. The number of anilines is 1. The number of fused-ring (bicyclic) bond motifs is 1. The summed E-state index contributed by atoms with van der Waals surface area (Å²) in [6, 6.07) is 11.9. The number of nitrogens with one attached hydrogen (secondary N) is 1. The van der Waals surface area contributed by atoms with Crippen molar-refractivity contribution < 1.29 is 4.79 Å². The van der Waals surface area contributed by atoms with Crippen LogP contribution < -0.4 is 5.32 Å². The van der Waals surface area contributed by atoms with Crippen LogP contribution in [0, 0.1) is 20.8 Å². The number of benzene rings is 1. The van der Waals surface area contributed by atoms with Gasteiger partial charge in [-0.3, -0.25) is 9.48 Å². The Hall–Kier alpha value is -3.48. The third-order valence-corrected chi connectivity index (χ3v) is 5.29. The number of aryl methyl sites for hydroxylation is 5. The molecular formula is C23H26N6O. The Morgan fingerprint density at radius 3 is 2.30 bits per heavy atom. The van der Waals surface area contributed by atoms with Crippen molar-refractivity contribution in [2.45, 2.75) is 47.7 Å². The van der Waals surface area contributed by atoms with Gasteiger partial charge in [0.1, 0.15) is 0 Å². The van der Waals surface area contributed by atoms with Gasteiger partial charge in [-0.25, -0.2) is 9.67 Å². The lowest BCUT2D eigenvalue weighted by Crippen LogP contribution is -2.14. The van der Waals surface area contributed by atoms with Gasteiger partial charge in [-0.15, -0.1) is 0 Å². The highest BCUT2D eigenvalue weighted by Gasteiger charge is 2.20. The van der Waals surface area contributed by atoms with Crippen molar-refractivity contribution >= 4 is 22.8 Å². The molecule has 154 valence electrons. The average molecular weight is 403 g/mol. The summed E-state index contributed by atoms with van der Waals surface area (Å²) in [5, 5.41) is 12.8. The maximum absolute atomic E-state index is 13.3. The summed E-state index contributed by atoms with van der Waals surface area (Å²) in [6.07, 6.45) is 0. The molecule has 0 radical (unpaired) electrons. The molecule has 4 aromatic rings. The van der Waals surface area contributed by atoms with Crippen LogP contribution in [0.5, 0.6) is 0 Å². The van der Waals surface area contributed by atoms with E-state index in [0.29, 0.717) is 23.6 Å². The van der Waals surface area contributed by atoms with Crippen molar-refractivity contribution in [3.05, 3.63) is 58.9 Å². The lowest BCUT2D eigenvalue weighted by atomic mass is 10.0. The lowest BCUT2D eigenvalue weighted by Gasteiger charge is -2.09. The predicted molar refractivity (Wildman–Crippen MR) is 119 cm³/mol. The maximum Gasteiger partial charge on any atom is 0.257 e. The molecule has 3 aromatic heterocycles. The molecule has 1 aromatic carbocycles. The van der Waals surface area contributed by atoms with Crippen LogP contribution in [0.2, 0.25) is 0 Å². The Morgan fingerprint density at radius 1 is 0.967 bits per heavy atom. The van der Waals surface area contributed by atoms with Gasteiger partial charge in [-0.2, -0.15) is 10.2 Å². The van der Waals surface area contributed by atoms with Gasteiger partial charge in [0.25, 0.3) is 5.91 Å². The number of hydrogen-bond donors (Lipinski definition) is 1. The quantitative estimate of drug-likeness (QED) is 0.533. The topological polar surface area (TPSA) is 77.6 Å². The fourth-order valence-corrected chi connectivity index (χ4v) is 3.70. The Balaban J connectivity index is 1.84. The van der Waals surface area contributed by atoms with Crippen molar-refractivity contribution in [1.82, 2.24) is 24.5 Å². The van der Waals surface area contributed by atoms with E-state index in [1.807, 2.05) is 80.4 Å². The maximum atomic E-state index is 13.3. The smallest absolute Gasteiger partial charge is 0.257 e. The van der Waals surface area contributed by atoms with Crippen molar-refractivity contribution in [3.8, 4) is 11.3 Å². The molecule has 7 heteroatoms. The molecule has 0 saturated carbocycles. The van der Waals surface area contributed by atoms with Gasteiger partial charge in [0.2, 0.25) is 0 Å². The molecule has 0 spiro atoms. The van der Waals surface area contributed by atoms with Gasteiger partial charge in [-0.1, -0.05) is 29.8 Å². The van der Waals surface area contributed by atoms with Crippen LogP contribution in [0.3, 0.4) is 0 Å². The van der Waals surface area contributed by atoms with Crippen LogP contribution in [-0.4, -0.2) is 30.5 Å². The molecule has 3 heterocycles. The number of nitrogens with zero attached hydrogens (tertiary/aromatic N) is 5. The first-order chi connectivity index (χ1) is 14.4. The third kappa shape index (κ3) is 3.47. The minimum Gasteiger partial charge on any atom is -0.305 e. The van der Waals surface area contributed by atoms with Crippen LogP contribution in [-0.2, 0) is 13.1 Å². The minimum atomic E-state index is -0.213. The summed E-state index contributed by atoms with van der Waals surface area (Å²) in [4.78, 5) is 18.1. The largest absolute Gasteiger partial charge is 0.305 e. The summed E-state index contributed by atoms with van der Waals surface area (Å²) in [5.41, 5.74) is 5.94. The van der Waals surface area contributed by atoms with Crippen molar-refractivity contribution in [2.24, 2.45) is 0 Å². The number of carbonyl (C=O) groups is 1. The van der Waals surface area contributed by atoms with E-state index in [1.54, 1.807) is 0 Å². The number of carbonyl (C=O) groups excluding carboxylic acids is 1. The van der Waals surface area contributed by atoms with E-state index in [4.69, 9.17) is 4.98 Å². The molecule has 0 saturated heterocycles. The second-order valence-electron chi connectivity index (χ2n) is 7.46. The van der Waals surface area contributed by atoms with Crippen molar-refractivity contribution in [3.63, 3.8) is 0 Å². The number of pyridine rings is 1. The molecule has 0 atom stereocenters. The molecular weight excluding hydrogens is 376 g/mol. The highest BCUT2D eigenvalue weighted by molar-refractivity contribution is 6.13. The molecule has 30 heavy (non-hydrogen) atoms. The molecule has 4 rings (SSSR count). The molecule has 0 aliphatic heterocycles. The van der Waals surface area contributed by atoms with E-state index in [9.17, 15) is 4.79 Å². The zero-order valence-electron chi connectivity index (χ0n) is 18.0. The number of hydrogen-bond acceptors (Lipinski definition) is 4. The van der Waals surface area contributed by atoms with E-state index >= 15 is 0 Å². The summed E-state index contributed by atoms with van der Waals surface area (Å²) in [6.45, 7) is 11.4. The zero-order chi connectivity index (χ0) is 21.4. The van der Waals surface area contributed by atoms with Crippen LogP contribution in [0.25, 0.3) is 22.3 Å². The first kappa shape index (κ1) is 19.8. The van der Waals surface area contributed by atoms with Gasteiger partial charge in [0.05, 0.1) is 22.3 Å². The van der Waals surface area contributed by atoms with E-state index in [0.717, 1.165) is 34.6 Å².